The first-order chi connectivity index (χ1) is 14.1. The van der Waals surface area contributed by atoms with E-state index in [1.807, 2.05) is 32.3 Å². The van der Waals surface area contributed by atoms with Gasteiger partial charge in [0.05, 0.1) is 6.21 Å². The molecule has 2 aromatic carbocycles. The molecule has 0 saturated carbocycles. The van der Waals surface area contributed by atoms with Crippen LogP contribution < -0.4 is 25.1 Å². The van der Waals surface area contributed by atoms with E-state index in [-0.39, 0.29) is 18.6 Å². The highest BCUT2D eigenvalue weighted by molar-refractivity contribution is 5.81. The van der Waals surface area contributed by atoms with Gasteiger partial charge >= 0.3 is 0 Å². The van der Waals surface area contributed by atoms with E-state index in [4.69, 9.17) is 9.47 Å². The Balaban J connectivity index is 1.51. The van der Waals surface area contributed by atoms with Crippen LogP contribution >= 0.6 is 0 Å². The maximum Gasteiger partial charge on any atom is 0.250 e. The van der Waals surface area contributed by atoms with Gasteiger partial charge in [0, 0.05) is 19.8 Å². The van der Waals surface area contributed by atoms with Crippen molar-refractivity contribution in [2.24, 2.45) is 5.10 Å². The van der Waals surface area contributed by atoms with E-state index in [1.54, 1.807) is 23.2 Å². The number of nitrogens with one attached hydrogen (secondary N) is 2. The minimum atomic E-state index is -0.319. The van der Waals surface area contributed by atoms with E-state index in [0.29, 0.717) is 29.1 Å². The summed E-state index contributed by atoms with van der Waals surface area (Å²) in [5, 5.41) is 7.20. The van der Waals surface area contributed by atoms with Crippen LogP contribution in [0.2, 0.25) is 0 Å². The van der Waals surface area contributed by atoms with Crippen LogP contribution in [0.5, 0.6) is 11.5 Å². The molecule has 1 aliphatic heterocycles. The van der Waals surface area contributed by atoms with Gasteiger partial charge in [-0.15, -0.1) is 0 Å². The molecule has 1 aliphatic rings. The smallest absolute Gasteiger partial charge is 0.250 e. The third-order valence-electron chi connectivity index (χ3n) is 3.90. The molecule has 148 valence electrons. The fourth-order valence-electron chi connectivity index (χ4n) is 2.49. The first-order valence-electron chi connectivity index (χ1n) is 8.71. The van der Waals surface area contributed by atoms with Gasteiger partial charge in [-0.2, -0.15) is 20.1 Å². The predicted molar refractivity (Wildman–Crippen MR) is 108 cm³/mol. The molecule has 3 aromatic rings. The Morgan fingerprint density at radius 3 is 2.55 bits per heavy atom. The van der Waals surface area contributed by atoms with E-state index in [9.17, 15) is 4.39 Å². The first kappa shape index (κ1) is 18.4. The molecule has 0 aliphatic carbocycles. The highest BCUT2D eigenvalue weighted by atomic mass is 19.1. The molecular formula is C19H18FN7O2. The molecule has 0 amide bonds. The Kier molecular flexibility index (Phi) is 5.06. The number of aromatic nitrogens is 3. The Morgan fingerprint density at radius 2 is 1.76 bits per heavy atom. The summed E-state index contributed by atoms with van der Waals surface area (Å²) in [6.07, 6.45) is 1.62. The van der Waals surface area contributed by atoms with Gasteiger partial charge in [-0.3, -0.25) is 0 Å². The molecule has 0 saturated heterocycles. The molecule has 4 rings (SSSR count). The fourth-order valence-corrected chi connectivity index (χ4v) is 2.49. The highest BCUT2D eigenvalue weighted by Gasteiger charge is 2.12. The third-order valence-corrected chi connectivity index (χ3v) is 3.90. The van der Waals surface area contributed by atoms with Crippen molar-refractivity contribution in [2.45, 2.75) is 0 Å². The molecule has 0 unspecified atom stereocenters. The minimum absolute atomic E-state index is 0.218. The van der Waals surface area contributed by atoms with Crippen LogP contribution in [0.25, 0.3) is 0 Å². The lowest BCUT2D eigenvalue weighted by atomic mass is 10.2. The summed E-state index contributed by atoms with van der Waals surface area (Å²) in [6, 6.07) is 11.4. The quantitative estimate of drug-likeness (QED) is 0.486. The average Bonchev–Trinajstić information content (AvgIpc) is 3.17. The van der Waals surface area contributed by atoms with Gasteiger partial charge < -0.3 is 19.7 Å². The number of ether oxygens (including phenoxy) is 2. The number of fused-ring (bicyclic) bond motifs is 1. The summed E-state index contributed by atoms with van der Waals surface area (Å²) in [5.41, 5.74) is 4.28. The SMILES string of the molecule is CN(C)c1nc(N/N=C/c2ccc3c(c2)OCO3)nc(Nc2ccc(F)cc2)n1. The van der Waals surface area contributed by atoms with Crippen molar-refractivity contribution in [3.05, 3.63) is 53.8 Å². The number of hydrogen-bond acceptors (Lipinski definition) is 9. The summed E-state index contributed by atoms with van der Waals surface area (Å²) >= 11 is 0. The molecule has 0 radical (unpaired) electrons. The van der Waals surface area contributed by atoms with Gasteiger partial charge in [-0.05, 0) is 48.0 Å². The summed E-state index contributed by atoms with van der Waals surface area (Å²) in [6.45, 7) is 0.218. The van der Waals surface area contributed by atoms with Crippen LogP contribution in [0, 0.1) is 5.82 Å². The molecular weight excluding hydrogens is 377 g/mol. The van der Waals surface area contributed by atoms with Crippen LogP contribution in [-0.2, 0) is 0 Å². The van der Waals surface area contributed by atoms with E-state index >= 15 is 0 Å². The molecule has 2 N–H and O–H groups in total. The molecule has 0 fully saturated rings. The molecule has 29 heavy (non-hydrogen) atoms. The lowest BCUT2D eigenvalue weighted by molar-refractivity contribution is 0.174. The second-order valence-corrected chi connectivity index (χ2v) is 6.29. The van der Waals surface area contributed by atoms with Gasteiger partial charge in [-0.25, -0.2) is 9.82 Å². The zero-order chi connectivity index (χ0) is 20.2. The number of halogens is 1. The van der Waals surface area contributed by atoms with Gasteiger partial charge in [0.25, 0.3) is 0 Å². The van der Waals surface area contributed by atoms with E-state index in [0.717, 1.165) is 5.56 Å². The normalized spacial score (nSPS) is 12.2. The van der Waals surface area contributed by atoms with E-state index in [1.165, 1.54) is 12.1 Å². The second kappa shape index (κ2) is 7.97. The zero-order valence-electron chi connectivity index (χ0n) is 15.8. The fraction of sp³-hybridized carbons (Fsp3) is 0.158. The molecule has 10 heteroatoms. The highest BCUT2D eigenvalue weighted by Crippen LogP contribution is 2.32. The summed E-state index contributed by atoms with van der Waals surface area (Å²) < 4.78 is 23.7. The van der Waals surface area contributed by atoms with Crippen LogP contribution in [0.1, 0.15) is 5.56 Å². The van der Waals surface area contributed by atoms with Crippen LogP contribution in [0.3, 0.4) is 0 Å². The maximum absolute atomic E-state index is 13.1. The van der Waals surface area contributed by atoms with E-state index < -0.39 is 0 Å². The Bertz CT molecular complexity index is 1040. The second-order valence-electron chi connectivity index (χ2n) is 6.29. The Morgan fingerprint density at radius 1 is 1.00 bits per heavy atom. The van der Waals surface area contributed by atoms with Crippen molar-refractivity contribution in [3.8, 4) is 11.5 Å². The van der Waals surface area contributed by atoms with Crippen LogP contribution in [-0.4, -0.2) is 42.1 Å². The monoisotopic (exact) mass is 395 g/mol. The van der Waals surface area contributed by atoms with Crippen molar-refractivity contribution in [1.29, 1.82) is 0 Å². The predicted octanol–water partition coefficient (Wildman–Crippen LogP) is 3.00. The van der Waals surface area contributed by atoms with Gasteiger partial charge in [0.1, 0.15) is 5.82 Å². The van der Waals surface area contributed by atoms with Crippen molar-refractivity contribution < 1.29 is 13.9 Å². The third kappa shape index (κ3) is 4.49. The van der Waals surface area contributed by atoms with Gasteiger partial charge in [0.2, 0.25) is 24.6 Å². The number of rotatable bonds is 6. The topological polar surface area (TPSA) is 96.8 Å². The molecule has 0 bridgehead atoms. The number of hydrazone groups is 1. The number of nitrogens with zero attached hydrogens (tertiary/aromatic N) is 5. The standard InChI is InChI=1S/C19H18FN7O2/c1-27(2)19-24-17(22-14-6-4-13(20)5-7-14)23-18(25-19)26-21-10-12-3-8-15-16(9-12)29-11-28-15/h3-10H,11H2,1-2H3,(H2,22,23,24,25,26)/b21-10+. The van der Waals surface area contributed by atoms with E-state index in [2.05, 4.69) is 30.8 Å². The molecule has 0 spiro atoms. The van der Waals surface area contributed by atoms with Crippen LogP contribution in [0.15, 0.2) is 47.6 Å². The van der Waals surface area contributed by atoms with Gasteiger partial charge in [-0.1, -0.05) is 0 Å². The van der Waals surface area contributed by atoms with Crippen molar-refractivity contribution in [3.63, 3.8) is 0 Å². The average molecular weight is 395 g/mol. The maximum atomic E-state index is 13.1. The number of benzene rings is 2. The summed E-state index contributed by atoms with van der Waals surface area (Å²) in [4.78, 5) is 14.7. The van der Waals surface area contributed by atoms with Crippen LogP contribution in [0.4, 0.5) is 27.9 Å². The summed E-state index contributed by atoms with van der Waals surface area (Å²) in [7, 11) is 3.63. The Labute approximate surface area is 166 Å². The molecule has 9 nitrogen and oxygen atoms in total. The van der Waals surface area contributed by atoms with Crippen molar-refractivity contribution >= 4 is 29.7 Å². The van der Waals surface area contributed by atoms with Crippen molar-refractivity contribution in [1.82, 2.24) is 15.0 Å². The zero-order valence-corrected chi connectivity index (χ0v) is 15.8. The lowest BCUT2D eigenvalue weighted by Gasteiger charge is -2.13. The summed E-state index contributed by atoms with van der Waals surface area (Å²) in [5.74, 6) is 2.06. The molecule has 0 atom stereocenters. The minimum Gasteiger partial charge on any atom is -0.454 e. The van der Waals surface area contributed by atoms with Gasteiger partial charge in [0.15, 0.2) is 11.5 Å². The largest absolute Gasteiger partial charge is 0.454 e. The lowest BCUT2D eigenvalue weighted by Crippen LogP contribution is -2.15. The van der Waals surface area contributed by atoms with Crippen molar-refractivity contribution in [2.75, 3.05) is 36.5 Å². The molecule has 2 heterocycles. The number of anilines is 4. The number of hydrogen-bond donors (Lipinski definition) is 2. The Hall–Kier alpha value is -3.95. The first-order valence-corrected chi connectivity index (χ1v) is 8.71. The molecule has 1 aromatic heterocycles.